The molecule has 6 heteroatoms. The van der Waals surface area contributed by atoms with Crippen molar-refractivity contribution in [2.24, 2.45) is 0 Å². The van der Waals surface area contributed by atoms with E-state index in [0.717, 1.165) is 0 Å². The van der Waals surface area contributed by atoms with Crippen molar-refractivity contribution < 1.29 is 14.4 Å². The fourth-order valence-corrected chi connectivity index (χ4v) is 1.51. The second-order valence-corrected chi connectivity index (χ2v) is 3.88. The maximum Gasteiger partial charge on any atom is 0.255 e. The summed E-state index contributed by atoms with van der Waals surface area (Å²) in [6, 6.07) is 5.00. The summed E-state index contributed by atoms with van der Waals surface area (Å²) < 4.78 is 4.78. The number of phenolic OH excluding ortho intramolecular Hbond substituents is 1. The van der Waals surface area contributed by atoms with Crippen molar-refractivity contribution in [1.29, 1.82) is 0 Å². The molecule has 0 saturated heterocycles. The van der Waals surface area contributed by atoms with Gasteiger partial charge in [-0.3, -0.25) is 4.79 Å². The number of carbonyl (C=O) groups is 1. The van der Waals surface area contributed by atoms with Crippen molar-refractivity contribution >= 4 is 5.91 Å². The lowest BCUT2D eigenvalue weighted by Gasteiger charge is -2.06. The van der Waals surface area contributed by atoms with Crippen LogP contribution in [0.4, 0.5) is 0 Å². The first kappa shape index (κ1) is 12.1. The molecule has 18 heavy (non-hydrogen) atoms. The van der Waals surface area contributed by atoms with Crippen molar-refractivity contribution in [1.82, 2.24) is 15.5 Å². The van der Waals surface area contributed by atoms with Crippen LogP contribution in [0.25, 0.3) is 0 Å². The Hall–Kier alpha value is -2.37. The van der Waals surface area contributed by atoms with Crippen LogP contribution in [0.2, 0.25) is 0 Å². The largest absolute Gasteiger partial charge is 0.507 e. The van der Waals surface area contributed by atoms with Gasteiger partial charge < -0.3 is 14.9 Å². The Morgan fingerprint density at radius 1 is 1.44 bits per heavy atom. The quantitative estimate of drug-likeness (QED) is 0.854. The predicted molar refractivity (Wildman–Crippen MR) is 63.0 cm³/mol. The van der Waals surface area contributed by atoms with Crippen LogP contribution < -0.4 is 5.32 Å². The van der Waals surface area contributed by atoms with Gasteiger partial charge >= 0.3 is 0 Å². The lowest BCUT2D eigenvalue weighted by Crippen LogP contribution is -2.23. The van der Waals surface area contributed by atoms with Crippen LogP contribution >= 0.6 is 0 Å². The molecule has 94 valence electrons. The molecule has 0 aliphatic rings. The monoisotopic (exact) mass is 247 g/mol. The van der Waals surface area contributed by atoms with E-state index in [9.17, 15) is 9.90 Å². The van der Waals surface area contributed by atoms with Crippen molar-refractivity contribution in [3.8, 4) is 5.75 Å². The summed E-state index contributed by atoms with van der Waals surface area (Å²) in [6.45, 7) is 3.56. The SMILES string of the molecule is Cc1nc(CNC(=O)c2cccc(C)c2O)no1. The number of nitrogens with one attached hydrogen (secondary N) is 1. The number of aryl methyl sites for hydroxylation is 2. The summed E-state index contributed by atoms with van der Waals surface area (Å²) in [6.07, 6.45) is 0. The van der Waals surface area contributed by atoms with Gasteiger partial charge in [-0.05, 0) is 18.6 Å². The second-order valence-electron chi connectivity index (χ2n) is 3.88. The molecule has 6 nitrogen and oxygen atoms in total. The molecule has 0 aliphatic carbocycles. The summed E-state index contributed by atoms with van der Waals surface area (Å²) in [5, 5.41) is 16.0. The molecule has 2 rings (SSSR count). The highest BCUT2D eigenvalue weighted by molar-refractivity contribution is 5.97. The number of benzene rings is 1. The van der Waals surface area contributed by atoms with E-state index in [4.69, 9.17) is 4.52 Å². The molecule has 0 fully saturated rings. The third-order valence-electron chi connectivity index (χ3n) is 2.46. The molecule has 1 aromatic carbocycles. The number of hydrogen-bond donors (Lipinski definition) is 2. The Bertz CT molecular complexity index is 578. The van der Waals surface area contributed by atoms with Gasteiger partial charge in [0.15, 0.2) is 5.82 Å². The van der Waals surface area contributed by atoms with Crippen LogP contribution in [-0.4, -0.2) is 21.2 Å². The Kier molecular flexibility index (Phi) is 3.27. The zero-order valence-electron chi connectivity index (χ0n) is 10.1. The smallest absolute Gasteiger partial charge is 0.255 e. The van der Waals surface area contributed by atoms with Gasteiger partial charge in [0.2, 0.25) is 5.89 Å². The summed E-state index contributed by atoms with van der Waals surface area (Å²) in [5.41, 5.74) is 0.883. The summed E-state index contributed by atoms with van der Waals surface area (Å²) >= 11 is 0. The third kappa shape index (κ3) is 2.48. The number of aromatic hydroxyl groups is 1. The molecule has 2 N–H and O–H groups in total. The molecule has 2 aromatic rings. The Labute approximate surface area is 104 Å². The zero-order chi connectivity index (χ0) is 13.1. The molecule has 0 unspecified atom stereocenters. The lowest BCUT2D eigenvalue weighted by atomic mass is 10.1. The fraction of sp³-hybridized carbons (Fsp3) is 0.250. The molecule has 0 saturated carbocycles. The highest BCUT2D eigenvalue weighted by Crippen LogP contribution is 2.21. The van der Waals surface area contributed by atoms with Gasteiger partial charge in [-0.15, -0.1) is 0 Å². The van der Waals surface area contributed by atoms with Gasteiger partial charge in [-0.2, -0.15) is 4.98 Å². The maximum absolute atomic E-state index is 11.8. The summed E-state index contributed by atoms with van der Waals surface area (Å²) in [7, 11) is 0. The zero-order valence-corrected chi connectivity index (χ0v) is 10.1. The number of hydrogen-bond acceptors (Lipinski definition) is 5. The van der Waals surface area contributed by atoms with Crippen LogP contribution in [0.3, 0.4) is 0 Å². The van der Waals surface area contributed by atoms with Crippen LogP contribution in [0.5, 0.6) is 5.75 Å². The number of para-hydroxylation sites is 1. The number of nitrogens with zero attached hydrogens (tertiary/aromatic N) is 2. The molecular weight excluding hydrogens is 234 g/mol. The van der Waals surface area contributed by atoms with E-state index in [-0.39, 0.29) is 23.8 Å². The van der Waals surface area contributed by atoms with Crippen LogP contribution in [0.15, 0.2) is 22.7 Å². The van der Waals surface area contributed by atoms with Gasteiger partial charge in [-0.25, -0.2) is 0 Å². The van der Waals surface area contributed by atoms with E-state index < -0.39 is 0 Å². The molecule has 0 aliphatic heterocycles. The van der Waals surface area contributed by atoms with E-state index in [2.05, 4.69) is 15.5 Å². The number of aromatic nitrogens is 2. The topological polar surface area (TPSA) is 88.2 Å². The van der Waals surface area contributed by atoms with Crippen LogP contribution in [-0.2, 0) is 6.54 Å². The fourth-order valence-electron chi connectivity index (χ4n) is 1.51. The van der Waals surface area contributed by atoms with Crippen molar-refractivity contribution in [3.05, 3.63) is 41.0 Å². The van der Waals surface area contributed by atoms with Crippen molar-refractivity contribution in [3.63, 3.8) is 0 Å². The van der Waals surface area contributed by atoms with E-state index in [1.165, 1.54) is 0 Å². The Morgan fingerprint density at radius 2 is 2.22 bits per heavy atom. The van der Waals surface area contributed by atoms with Gasteiger partial charge in [0.1, 0.15) is 5.75 Å². The van der Waals surface area contributed by atoms with Gasteiger partial charge in [0.05, 0.1) is 12.1 Å². The third-order valence-corrected chi connectivity index (χ3v) is 2.46. The molecule has 0 atom stereocenters. The minimum atomic E-state index is -0.376. The number of phenols is 1. The molecule has 0 bridgehead atoms. The molecular formula is C12H13N3O3. The van der Waals surface area contributed by atoms with Gasteiger partial charge in [0.25, 0.3) is 5.91 Å². The first-order valence-electron chi connectivity index (χ1n) is 5.44. The Morgan fingerprint density at radius 3 is 2.89 bits per heavy atom. The lowest BCUT2D eigenvalue weighted by molar-refractivity contribution is 0.0947. The molecule has 1 heterocycles. The van der Waals surface area contributed by atoms with Crippen molar-refractivity contribution in [2.45, 2.75) is 20.4 Å². The summed E-state index contributed by atoms with van der Waals surface area (Å²) in [4.78, 5) is 15.8. The minimum Gasteiger partial charge on any atom is -0.507 e. The van der Waals surface area contributed by atoms with Gasteiger partial charge in [-0.1, -0.05) is 17.3 Å². The average molecular weight is 247 g/mol. The van der Waals surface area contributed by atoms with E-state index >= 15 is 0 Å². The molecule has 0 radical (unpaired) electrons. The number of rotatable bonds is 3. The van der Waals surface area contributed by atoms with Crippen LogP contribution in [0.1, 0.15) is 27.6 Å². The standard InChI is InChI=1S/C12H13N3O3/c1-7-4-3-5-9(11(7)16)12(17)13-6-10-14-8(2)18-15-10/h3-5,16H,6H2,1-2H3,(H,13,17). The predicted octanol–water partition coefficient (Wildman–Crippen LogP) is 1.32. The number of amides is 1. The van der Waals surface area contributed by atoms with E-state index in [1.54, 1.807) is 32.0 Å². The molecule has 1 aromatic heterocycles. The Balaban J connectivity index is 2.06. The first-order chi connectivity index (χ1) is 8.58. The van der Waals surface area contributed by atoms with E-state index in [0.29, 0.717) is 17.3 Å². The van der Waals surface area contributed by atoms with Gasteiger partial charge in [0, 0.05) is 6.92 Å². The summed E-state index contributed by atoms with van der Waals surface area (Å²) in [5.74, 6) is 0.448. The molecule has 0 spiro atoms. The number of carbonyl (C=O) groups excluding carboxylic acids is 1. The maximum atomic E-state index is 11.8. The van der Waals surface area contributed by atoms with E-state index in [1.807, 2.05) is 0 Å². The molecule has 1 amide bonds. The normalized spacial score (nSPS) is 10.3. The van der Waals surface area contributed by atoms with Crippen LogP contribution in [0, 0.1) is 13.8 Å². The first-order valence-corrected chi connectivity index (χ1v) is 5.44. The average Bonchev–Trinajstić information content (AvgIpc) is 2.76. The second kappa shape index (κ2) is 4.87. The highest BCUT2D eigenvalue weighted by atomic mass is 16.5. The minimum absolute atomic E-state index is 0.0145. The van der Waals surface area contributed by atoms with Crippen molar-refractivity contribution in [2.75, 3.05) is 0 Å². The highest BCUT2D eigenvalue weighted by Gasteiger charge is 2.13.